The van der Waals surface area contributed by atoms with Gasteiger partial charge in [-0.1, -0.05) is 54.6 Å². The van der Waals surface area contributed by atoms with Gasteiger partial charge in [-0.25, -0.2) is 0 Å². The Morgan fingerprint density at radius 2 is 1.71 bits per heavy atom. The molecule has 0 atom stereocenters. The van der Waals surface area contributed by atoms with E-state index in [0.717, 1.165) is 26.9 Å². The first-order valence-corrected chi connectivity index (χ1v) is 12.3. The fourth-order valence-electron chi connectivity index (χ4n) is 4.95. The zero-order chi connectivity index (χ0) is 26.4. The van der Waals surface area contributed by atoms with E-state index >= 15 is 0 Å². The summed E-state index contributed by atoms with van der Waals surface area (Å²) in [6.45, 7) is 3.51. The Morgan fingerprint density at radius 3 is 2.47 bits per heavy atom. The third-order valence-electron chi connectivity index (χ3n) is 6.85. The highest BCUT2D eigenvalue weighted by Gasteiger charge is 2.34. The molecular weight excluding hydrogens is 476 g/mol. The van der Waals surface area contributed by atoms with Crippen molar-refractivity contribution < 1.29 is 14.0 Å². The lowest BCUT2D eigenvalue weighted by molar-refractivity contribution is -0.140. The second kappa shape index (κ2) is 9.02. The summed E-state index contributed by atoms with van der Waals surface area (Å²) in [5.74, 6) is -0.505. The highest BCUT2D eigenvalue weighted by molar-refractivity contribution is 6.19. The van der Waals surface area contributed by atoms with E-state index in [-0.39, 0.29) is 17.7 Å². The zero-order valence-corrected chi connectivity index (χ0v) is 20.8. The van der Waals surface area contributed by atoms with Gasteiger partial charge in [0.1, 0.15) is 11.6 Å². The summed E-state index contributed by atoms with van der Waals surface area (Å²) < 4.78 is 8.19. The number of aromatic nitrogens is 2. The first-order valence-electron chi connectivity index (χ1n) is 12.3. The van der Waals surface area contributed by atoms with Gasteiger partial charge in [0.2, 0.25) is 5.89 Å². The number of carbonyl (C=O) groups excluding carboxylic acids is 2. The van der Waals surface area contributed by atoms with Gasteiger partial charge in [0.25, 0.3) is 11.8 Å². The highest BCUT2D eigenvalue weighted by atomic mass is 16.3. The van der Waals surface area contributed by atoms with Crippen LogP contribution in [0.1, 0.15) is 19.5 Å². The van der Waals surface area contributed by atoms with Gasteiger partial charge in [0.05, 0.1) is 5.69 Å². The number of benzene rings is 3. The standard InChI is InChI=1S/C31H22N4O3/c1-3-34-30(36)25(19(2)26(18-32)31(34)37)16-22-17-27-28(35(22)21-12-5-4-6-13-21)33-29(38-27)24-15-9-11-20-10-7-8-14-23(20)24/h4-17H,3H2,1-2H3/b25-16-. The van der Waals surface area contributed by atoms with E-state index in [2.05, 4.69) is 0 Å². The first-order chi connectivity index (χ1) is 18.5. The van der Waals surface area contributed by atoms with Gasteiger partial charge in [-0.3, -0.25) is 19.1 Å². The fourth-order valence-corrected chi connectivity index (χ4v) is 4.95. The highest BCUT2D eigenvalue weighted by Crippen LogP contribution is 2.35. The van der Waals surface area contributed by atoms with Gasteiger partial charge in [0.15, 0.2) is 11.2 Å². The summed E-state index contributed by atoms with van der Waals surface area (Å²) in [6.07, 6.45) is 1.70. The van der Waals surface area contributed by atoms with E-state index in [1.807, 2.05) is 89.5 Å². The molecule has 7 nitrogen and oxygen atoms in total. The predicted octanol–water partition coefficient (Wildman–Crippen LogP) is 6.05. The van der Waals surface area contributed by atoms with Gasteiger partial charge in [-0.2, -0.15) is 10.2 Å². The predicted molar refractivity (Wildman–Crippen MR) is 145 cm³/mol. The van der Waals surface area contributed by atoms with Gasteiger partial charge in [-0.15, -0.1) is 0 Å². The Hall–Kier alpha value is -5.22. The zero-order valence-electron chi connectivity index (χ0n) is 20.8. The fraction of sp³-hybridized carbons (Fsp3) is 0.0968. The molecule has 0 spiro atoms. The van der Waals surface area contributed by atoms with Crippen molar-refractivity contribution in [3.63, 3.8) is 0 Å². The summed E-state index contributed by atoms with van der Waals surface area (Å²) in [5.41, 5.74) is 4.13. The van der Waals surface area contributed by atoms with Crippen molar-refractivity contribution in [2.75, 3.05) is 6.54 Å². The van der Waals surface area contributed by atoms with Crippen LogP contribution in [-0.2, 0) is 9.59 Å². The van der Waals surface area contributed by atoms with Crippen molar-refractivity contribution in [1.82, 2.24) is 14.5 Å². The SMILES string of the molecule is CCN1C(=O)C(C#N)=C(C)/C(=C/c2cc3oc(-c4cccc5ccccc45)nc3n2-c2ccccc2)C1=O. The number of nitriles is 1. The van der Waals surface area contributed by atoms with Crippen LogP contribution in [0.25, 0.3) is 45.2 Å². The third-order valence-corrected chi connectivity index (χ3v) is 6.85. The summed E-state index contributed by atoms with van der Waals surface area (Å²) in [4.78, 5) is 31.9. The first kappa shape index (κ1) is 23.2. The molecule has 7 heteroatoms. The van der Waals surface area contributed by atoms with Crippen molar-refractivity contribution in [1.29, 1.82) is 5.26 Å². The molecule has 0 aliphatic carbocycles. The van der Waals surface area contributed by atoms with Crippen molar-refractivity contribution in [3.05, 3.63) is 101 Å². The molecule has 1 aliphatic rings. The van der Waals surface area contributed by atoms with Crippen molar-refractivity contribution in [2.45, 2.75) is 13.8 Å². The number of oxazole rings is 1. The summed E-state index contributed by atoms with van der Waals surface area (Å²) >= 11 is 0. The lowest BCUT2D eigenvalue weighted by Crippen LogP contribution is -2.42. The molecule has 6 rings (SSSR count). The quantitative estimate of drug-likeness (QED) is 0.222. The number of likely N-dealkylation sites (N-methyl/N-ethyl adjacent to an activating group) is 1. The molecule has 0 radical (unpaired) electrons. The molecule has 184 valence electrons. The maximum atomic E-state index is 13.3. The second-order valence-electron chi connectivity index (χ2n) is 9.00. The molecular formula is C31H22N4O3. The number of nitrogens with zero attached hydrogens (tertiary/aromatic N) is 4. The summed E-state index contributed by atoms with van der Waals surface area (Å²) in [6, 6.07) is 27.5. The molecule has 0 bridgehead atoms. The molecule has 1 aliphatic heterocycles. The van der Waals surface area contributed by atoms with E-state index in [1.54, 1.807) is 19.9 Å². The van der Waals surface area contributed by atoms with E-state index in [1.165, 1.54) is 0 Å². The smallest absolute Gasteiger partial charge is 0.271 e. The van der Waals surface area contributed by atoms with E-state index in [9.17, 15) is 14.9 Å². The Labute approximate surface area is 218 Å². The van der Waals surface area contributed by atoms with Crippen LogP contribution in [0, 0.1) is 11.3 Å². The maximum Gasteiger partial charge on any atom is 0.271 e. The molecule has 0 fully saturated rings. The number of hydrogen-bond acceptors (Lipinski definition) is 5. The molecule has 0 saturated carbocycles. The van der Waals surface area contributed by atoms with E-state index in [4.69, 9.17) is 9.40 Å². The number of rotatable bonds is 4. The van der Waals surface area contributed by atoms with Crippen LogP contribution < -0.4 is 0 Å². The van der Waals surface area contributed by atoms with Gasteiger partial charge < -0.3 is 4.42 Å². The topological polar surface area (TPSA) is 92.1 Å². The molecule has 2 aromatic heterocycles. The van der Waals surface area contributed by atoms with Crippen molar-refractivity contribution >= 4 is 39.9 Å². The number of imide groups is 1. The number of para-hydroxylation sites is 1. The van der Waals surface area contributed by atoms with Crippen LogP contribution in [0.5, 0.6) is 0 Å². The van der Waals surface area contributed by atoms with Crippen molar-refractivity contribution in [3.8, 4) is 23.2 Å². The Balaban J connectivity index is 1.58. The number of fused-ring (bicyclic) bond motifs is 2. The van der Waals surface area contributed by atoms with E-state index < -0.39 is 11.8 Å². The van der Waals surface area contributed by atoms with Gasteiger partial charge >= 0.3 is 0 Å². The Morgan fingerprint density at radius 1 is 0.974 bits per heavy atom. The minimum atomic E-state index is -0.566. The Kier molecular flexibility index (Phi) is 5.50. The van der Waals surface area contributed by atoms with Crippen LogP contribution in [0.4, 0.5) is 0 Å². The summed E-state index contributed by atoms with van der Waals surface area (Å²) in [7, 11) is 0. The molecule has 0 N–H and O–H groups in total. The average Bonchev–Trinajstić information content (AvgIpc) is 3.49. The molecule has 0 saturated heterocycles. The number of carbonyl (C=O) groups is 2. The van der Waals surface area contributed by atoms with Crippen LogP contribution >= 0.6 is 0 Å². The van der Waals surface area contributed by atoms with Crippen molar-refractivity contribution in [2.24, 2.45) is 0 Å². The van der Waals surface area contributed by atoms with Gasteiger partial charge in [0, 0.05) is 29.4 Å². The number of amides is 2. The Bertz CT molecular complexity index is 1860. The molecule has 38 heavy (non-hydrogen) atoms. The van der Waals surface area contributed by atoms with Gasteiger partial charge in [-0.05, 0) is 54.5 Å². The lowest BCUT2D eigenvalue weighted by Gasteiger charge is -2.26. The monoisotopic (exact) mass is 498 g/mol. The normalized spacial score (nSPS) is 15.2. The molecule has 3 aromatic carbocycles. The molecule has 2 amide bonds. The molecule has 5 aromatic rings. The van der Waals surface area contributed by atoms with E-state index in [0.29, 0.717) is 28.4 Å². The molecule has 0 unspecified atom stereocenters. The van der Waals surface area contributed by atoms with Crippen LogP contribution in [0.15, 0.2) is 100.0 Å². The summed E-state index contributed by atoms with van der Waals surface area (Å²) in [5, 5.41) is 11.7. The molecule has 3 heterocycles. The van der Waals surface area contributed by atoms with Crippen LogP contribution in [0.3, 0.4) is 0 Å². The largest absolute Gasteiger partial charge is 0.434 e. The minimum Gasteiger partial charge on any atom is -0.434 e. The lowest BCUT2D eigenvalue weighted by atomic mass is 9.94. The average molecular weight is 499 g/mol. The van der Waals surface area contributed by atoms with Crippen LogP contribution in [-0.4, -0.2) is 32.8 Å². The maximum absolute atomic E-state index is 13.3. The minimum absolute atomic E-state index is 0.0319. The third kappa shape index (κ3) is 3.54. The van der Waals surface area contributed by atoms with Crippen LogP contribution in [0.2, 0.25) is 0 Å². The second-order valence-corrected chi connectivity index (χ2v) is 9.00. The number of hydrogen-bond donors (Lipinski definition) is 0.